The van der Waals surface area contributed by atoms with Crippen LogP contribution in [0.1, 0.15) is 75.3 Å². The molecule has 12 heteroatoms. The quantitative estimate of drug-likeness (QED) is 0.190. The predicted molar refractivity (Wildman–Crippen MR) is 214 cm³/mol. The summed E-state index contributed by atoms with van der Waals surface area (Å²) in [6.07, 6.45) is 6.24. The minimum Gasteiger partial charge on any atom is -0.468 e. The highest BCUT2D eigenvalue weighted by atomic mass is 16.6. The van der Waals surface area contributed by atoms with E-state index in [1.807, 2.05) is 50.1 Å². The third kappa shape index (κ3) is 4.96. The Kier molecular flexibility index (Phi) is 8.83. The van der Waals surface area contributed by atoms with Gasteiger partial charge in [0.05, 0.1) is 25.9 Å². The van der Waals surface area contributed by atoms with Gasteiger partial charge >= 0.3 is 17.9 Å². The Morgan fingerprint density at radius 3 is 2.46 bits per heavy atom. The lowest BCUT2D eigenvalue weighted by molar-refractivity contribution is -0.228. The molecule has 1 aromatic heterocycles. The number of piperidine rings is 1. The van der Waals surface area contributed by atoms with E-state index in [1.54, 1.807) is 0 Å². The zero-order valence-corrected chi connectivity index (χ0v) is 34.0. The van der Waals surface area contributed by atoms with Crippen molar-refractivity contribution in [2.24, 2.45) is 11.3 Å². The van der Waals surface area contributed by atoms with Gasteiger partial charge in [-0.25, -0.2) is 4.79 Å². The number of H-pyrrole nitrogens is 1. The number of fused-ring (bicyclic) bond motifs is 6. The van der Waals surface area contributed by atoms with Gasteiger partial charge < -0.3 is 34.3 Å². The van der Waals surface area contributed by atoms with E-state index in [-0.39, 0.29) is 17.9 Å². The summed E-state index contributed by atoms with van der Waals surface area (Å²) in [7, 11) is 4.61. The number of rotatable bonds is 6. The van der Waals surface area contributed by atoms with Crippen molar-refractivity contribution in [3.05, 3.63) is 77.0 Å². The van der Waals surface area contributed by atoms with E-state index in [1.165, 1.54) is 21.1 Å². The van der Waals surface area contributed by atoms with E-state index in [0.717, 1.165) is 52.1 Å². The van der Waals surface area contributed by atoms with Gasteiger partial charge in [0.2, 0.25) is 5.60 Å². The van der Waals surface area contributed by atoms with Gasteiger partial charge in [-0.1, -0.05) is 56.3 Å². The van der Waals surface area contributed by atoms with Crippen LogP contribution in [0.25, 0.3) is 10.9 Å². The molecule has 0 amide bonds. The van der Waals surface area contributed by atoms with Gasteiger partial charge in [0.15, 0.2) is 6.10 Å². The lowest BCUT2D eigenvalue weighted by Crippen LogP contribution is -2.81. The number of nitrogens with zero attached hydrogens (tertiary/aromatic N) is 3. The molecular formula is C45H56N4O8. The summed E-state index contributed by atoms with van der Waals surface area (Å²) in [5.41, 5.74) is -0.870. The Morgan fingerprint density at radius 1 is 0.965 bits per heavy atom. The maximum Gasteiger partial charge on any atom is 0.344 e. The molecule has 1 unspecified atom stereocenters. The van der Waals surface area contributed by atoms with Crippen molar-refractivity contribution < 1.29 is 38.8 Å². The number of aromatic amines is 1. The number of para-hydroxylation sites is 1. The van der Waals surface area contributed by atoms with E-state index in [0.29, 0.717) is 58.2 Å². The van der Waals surface area contributed by atoms with Crippen molar-refractivity contribution in [3.8, 4) is 0 Å². The van der Waals surface area contributed by atoms with Crippen LogP contribution in [0.15, 0.2) is 54.6 Å². The zero-order chi connectivity index (χ0) is 40.3. The van der Waals surface area contributed by atoms with Crippen molar-refractivity contribution >= 4 is 34.5 Å². The maximum absolute atomic E-state index is 15.1. The van der Waals surface area contributed by atoms with Crippen LogP contribution in [0.3, 0.4) is 0 Å². The van der Waals surface area contributed by atoms with Gasteiger partial charge in [-0.05, 0) is 79.8 Å². The summed E-state index contributed by atoms with van der Waals surface area (Å²) in [4.78, 5) is 52.9. The fraction of sp³-hybridized carbons (Fsp3) is 0.578. The molecule has 57 heavy (non-hydrogen) atoms. The number of carbonyl (C=O) groups excluding carboxylic acids is 3. The number of esters is 3. The SMILES string of the molecule is CC[C@]1(O)C[C@H]2CN(CCc3c([nH]c4ccccc34)[C@@](C(=O)OC)(c3ccc4c(c3)[C@@]35CCN6CC=C[C@@](CC)([C@@H](OC(C)=O)[C@](O)(C(=O)OC)[C@@H]3N4C)[C@H]65)C2)C1. The van der Waals surface area contributed by atoms with Gasteiger partial charge in [0.25, 0.3) is 0 Å². The van der Waals surface area contributed by atoms with Crippen molar-refractivity contribution in [2.45, 2.75) is 99.5 Å². The first kappa shape index (κ1) is 38.3. The molecule has 1 saturated carbocycles. The average molecular weight is 781 g/mol. The number of hydrogen-bond acceptors (Lipinski definition) is 11. The number of carbonyl (C=O) groups is 3. The maximum atomic E-state index is 15.1. The van der Waals surface area contributed by atoms with E-state index in [9.17, 15) is 19.8 Å². The summed E-state index contributed by atoms with van der Waals surface area (Å²) in [5.74, 6) is -1.85. The van der Waals surface area contributed by atoms with Gasteiger partial charge in [-0.15, -0.1) is 0 Å². The minimum atomic E-state index is -2.25. The molecule has 2 bridgehead atoms. The molecule has 6 heterocycles. The highest BCUT2D eigenvalue weighted by molar-refractivity contribution is 5.94. The molecule has 2 saturated heterocycles. The fourth-order valence-corrected chi connectivity index (χ4v) is 13.3. The number of anilines is 1. The van der Waals surface area contributed by atoms with Crippen molar-refractivity contribution in [1.29, 1.82) is 0 Å². The predicted octanol–water partition coefficient (Wildman–Crippen LogP) is 3.98. The number of ether oxygens (including phenoxy) is 3. The lowest BCUT2D eigenvalue weighted by Gasteiger charge is -2.63. The molecule has 1 aliphatic carbocycles. The normalized spacial score (nSPS) is 37.9. The number of benzene rings is 2. The van der Waals surface area contributed by atoms with Crippen LogP contribution in [0.5, 0.6) is 0 Å². The molecule has 5 aliphatic heterocycles. The Hall–Kier alpha value is -4.23. The van der Waals surface area contributed by atoms with Gasteiger partial charge in [-0.2, -0.15) is 0 Å². The summed E-state index contributed by atoms with van der Waals surface area (Å²) in [5, 5.41) is 26.2. The highest BCUT2D eigenvalue weighted by Gasteiger charge is 2.80. The lowest BCUT2D eigenvalue weighted by atomic mass is 9.47. The number of nitrogens with one attached hydrogen (secondary N) is 1. The molecule has 2 aromatic carbocycles. The summed E-state index contributed by atoms with van der Waals surface area (Å²) in [6, 6.07) is 13.3. The number of methoxy groups -OCH3 is 2. The van der Waals surface area contributed by atoms with Gasteiger partial charge in [-0.3, -0.25) is 19.4 Å². The molecule has 3 fully saturated rings. The average Bonchev–Trinajstić information content (AvgIpc) is 3.87. The van der Waals surface area contributed by atoms with Gasteiger partial charge in [0.1, 0.15) is 5.41 Å². The third-order valence-corrected chi connectivity index (χ3v) is 15.3. The molecule has 304 valence electrons. The van der Waals surface area contributed by atoms with Crippen molar-refractivity contribution in [1.82, 2.24) is 14.8 Å². The topological polar surface area (TPSA) is 145 Å². The second-order valence-electron chi connectivity index (χ2n) is 17.9. The summed E-state index contributed by atoms with van der Waals surface area (Å²) < 4.78 is 17.5. The van der Waals surface area contributed by atoms with Crippen LogP contribution in [0.2, 0.25) is 0 Å². The molecule has 3 N–H and O–H groups in total. The van der Waals surface area contributed by atoms with Crippen LogP contribution < -0.4 is 4.90 Å². The van der Waals surface area contributed by atoms with Gasteiger partial charge in [0, 0.05) is 79.3 Å². The summed E-state index contributed by atoms with van der Waals surface area (Å²) >= 11 is 0. The second-order valence-corrected chi connectivity index (χ2v) is 17.9. The highest BCUT2D eigenvalue weighted by Crippen LogP contribution is 2.67. The molecule has 12 nitrogen and oxygen atoms in total. The molecule has 0 radical (unpaired) electrons. The number of aromatic nitrogens is 1. The largest absolute Gasteiger partial charge is 0.468 e. The van der Waals surface area contributed by atoms with Crippen LogP contribution >= 0.6 is 0 Å². The van der Waals surface area contributed by atoms with Crippen molar-refractivity contribution in [2.75, 3.05) is 58.9 Å². The van der Waals surface area contributed by atoms with E-state index in [2.05, 4.69) is 45.1 Å². The first-order chi connectivity index (χ1) is 27.3. The monoisotopic (exact) mass is 780 g/mol. The molecule has 6 aliphatic rings. The van der Waals surface area contributed by atoms with E-state index in [4.69, 9.17) is 14.2 Å². The standard InChI is InChI=1S/C45H56N4O8/c1-7-41(53)23-28-24-44(39(51)55-5,35-31(16-20-48(25-28)26-41)30-12-9-10-13-33(30)46-35)29-14-15-34-32(22-29)43-18-21-49-19-11-17-42(8-2,36(43)49)38(57-27(3)50)45(54,40(52)56-6)37(43)47(34)4/h9-15,17,22,28,36-38,46,53-54H,7-8,16,18-21,23-26H2,1-6H3/t28-,36+,37-,38-,41+,42-,43-,44+,45+/m1/s1. The fourth-order valence-electron chi connectivity index (χ4n) is 13.3. The zero-order valence-electron chi connectivity index (χ0n) is 34.0. The van der Waals surface area contributed by atoms with E-state index < -0.39 is 51.5 Å². The molecular weight excluding hydrogens is 725 g/mol. The van der Waals surface area contributed by atoms with Crippen LogP contribution in [0.4, 0.5) is 5.69 Å². The Balaban J connectivity index is 1.32. The molecule has 3 aromatic rings. The van der Waals surface area contributed by atoms with Crippen LogP contribution in [-0.2, 0) is 45.8 Å². The minimum absolute atomic E-state index is 0.0382. The second kappa shape index (κ2) is 13.1. The number of aliphatic hydroxyl groups is 2. The molecule has 1 spiro atoms. The van der Waals surface area contributed by atoms with Crippen LogP contribution in [-0.4, -0.2) is 126 Å². The first-order valence-electron chi connectivity index (χ1n) is 20.7. The number of hydrogen-bond donors (Lipinski definition) is 3. The van der Waals surface area contributed by atoms with E-state index >= 15 is 4.79 Å². The Labute approximate surface area is 334 Å². The smallest absolute Gasteiger partial charge is 0.344 e. The third-order valence-electron chi connectivity index (χ3n) is 15.3. The first-order valence-corrected chi connectivity index (χ1v) is 20.7. The van der Waals surface area contributed by atoms with Crippen molar-refractivity contribution in [3.63, 3.8) is 0 Å². The summed E-state index contributed by atoms with van der Waals surface area (Å²) in [6.45, 7) is 8.81. The number of likely N-dealkylation sites (N-methyl/N-ethyl adjacent to an activating group) is 1. The molecule has 9 rings (SSSR count). The molecule has 10 atom stereocenters. The Morgan fingerprint density at radius 2 is 1.74 bits per heavy atom. The van der Waals surface area contributed by atoms with Crippen LogP contribution in [0, 0.1) is 11.3 Å². The Bertz CT molecular complexity index is 2190.